The number of carbonyl (C=O) groups excluding carboxylic acids is 1. The van der Waals surface area contributed by atoms with Gasteiger partial charge in [0.2, 0.25) is 0 Å². The fourth-order valence-electron chi connectivity index (χ4n) is 1.65. The average Bonchev–Trinajstić information content (AvgIpc) is 2.35. The Bertz CT molecular complexity index is 507. The topological polar surface area (TPSA) is 102 Å². The minimum absolute atomic E-state index is 0.0568. The van der Waals surface area contributed by atoms with E-state index in [0.717, 1.165) is 0 Å². The van der Waals surface area contributed by atoms with E-state index in [-0.39, 0.29) is 5.69 Å². The van der Waals surface area contributed by atoms with Crippen LogP contribution in [0.4, 0.5) is 10.5 Å². The van der Waals surface area contributed by atoms with Crippen molar-refractivity contribution >= 4 is 11.8 Å². The highest BCUT2D eigenvalue weighted by molar-refractivity contribution is 5.68. The van der Waals surface area contributed by atoms with Gasteiger partial charge in [-0.25, -0.2) is 4.79 Å². The Balaban J connectivity index is 2.67. The van der Waals surface area contributed by atoms with Gasteiger partial charge in [-0.3, -0.25) is 10.1 Å². The number of aliphatic hydroxyl groups excluding tert-OH is 1. The van der Waals surface area contributed by atoms with Gasteiger partial charge in [-0.05, 0) is 45.4 Å². The molecule has 7 nitrogen and oxygen atoms in total. The number of alkyl carbamates (subject to hydrolysis) is 1. The molecule has 0 radical (unpaired) electrons. The zero-order valence-electron chi connectivity index (χ0n) is 12.5. The first-order chi connectivity index (χ1) is 9.60. The van der Waals surface area contributed by atoms with Crippen LogP contribution in [0.1, 0.15) is 39.4 Å². The smallest absolute Gasteiger partial charge is 0.407 e. The van der Waals surface area contributed by atoms with Gasteiger partial charge < -0.3 is 15.2 Å². The second kappa shape index (κ2) is 6.53. The number of benzene rings is 1. The number of non-ortho nitro benzene ring substituents is 1. The lowest BCUT2D eigenvalue weighted by Crippen LogP contribution is -2.40. The predicted octanol–water partition coefficient (Wildman–Crippen LogP) is 2.54. The summed E-state index contributed by atoms with van der Waals surface area (Å²) in [4.78, 5) is 21.7. The van der Waals surface area contributed by atoms with Gasteiger partial charge in [0, 0.05) is 12.1 Å². The molecule has 21 heavy (non-hydrogen) atoms. The molecule has 0 fully saturated rings. The van der Waals surface area contributed by atoms with Crippen LogP contribution < -0.4 is 5.32 Å². The molecule has 0 aliphatic heterocycles. The van der Waals surface area contributed by atoms with E-state index in [1.807, 2.05) is 0 Å². The summed E-state index contributed by atoms with van der Waals surface area (Å²) >= 11 is 0. The van der Waals surface area contributed by atoms with E-state index in [9.17, 15) is 20.0 Å². The molecule has 1 aromatic rings. The van der Waals surface area contributed by atoms with E-state index < -0.39 is 28.8 Å². The zero-order chi connectivity index (χ0) is 16.2. The fraction of sp³-hybridized carbons (Fsp3) is 0.500. The number of nitrogens with one attached hydrogen (secondary N) is 1. The van der Waals surface area contributed by atoms with Crippen molar-refractivity contribution in [2.45, 2.75) is 45.4 Å². The highest BCUT2D eigenvalue weighted by Crippen LogP contribution is 2.20. The summed E-state index contributed by atoms with van der Waals surface area (Å²) in [5, 5.41) is 23.2. The predicted molar refractivity (Wildman–Crippen MR) is 76.9 cm³/mol. The lowest BCUT2D eigenvalue weighted by Gasteiger charge is -2.24. The van der Waals surface area contributed by atoms with Crippen LogP contribution in [0, 0.1) is 10.1 Å². The Hall–Kier alpha value is -2.15. The summed E-state index contributed by atoms with van der Waals surface area (Å²) in [6, 6.07) is 4.92. The number of hydrogen-bond acceptors (Lipinski definition) is 5. The van der Waals surface area contributed by atoms with Gasteiger partial charge in [0.15, 0.2) is 0 Å². The third-order valence-corrected chi connectivity index (χ3v) is 2.66. The molecule has 1 aromatic carbocycles. The van der Waals surface area contributed by atoms with Crippen molar-refractivity contribution in [1.82, 2.24) is 5.32 Å². The molecular weight excluding hydrogens is 276 g/mol. The molecule has 2 atom stereocenters. The maximum atomic E-state index is 11.6. The first-order valence-electron chi connectivity index (χ1n) is 6.52. The van der Waals surface area contributed by atoms with E-state index in [1.54, 1.807) is 27.7 Å². The number of nitro groups is 1. The van der Waals surface area contributed by atoms with Crippen LogP contribution in [0.15, 0.2) is 24.3 Å². The number of aliphatic hydroxyl groups is 1. The molecule has 0 bridgehead atoms. The number of nitro benzene ring substituents is 1. The van der Waals surface area contributed by atoms with Crippen LogP contribution >= 0.6 is 0 Å². The number of nitrogens with zero attached hydrogens (tertiary/aromatic N) is 1. The molecule has 1 rings (SSSR count). The Morgan fingerprint density at radius 2 is 1.86 bits per heavy atom. The highest BCUT2D eigenvalue weighted by atomic mass is 16.6. The van der Waals surface area contributed by atoms with Gasteiger partial charge in [-0.1, -0.05) is 0 Å². The summed E-state index contributed by atoms with van der Waals surface area (Å²) < 4.78 is 5.09. The van der Waals surface area contributed by atoms with Crippen LogP contribution in [0.25, 0.3) is 0 Å². The van der Waals surface area contributed by atoms with Crippen LogP contribution in [0.2, 0.25) is 0 Å². The van der Waals surface area contributed by atoms with Crippen molar-refractivity contribution in [3.8, 4) is 0 Å². The van der Waals surface area contributed by atoms with Crippen LogP contribution in [-0.2, 0) is 4.74 Å². The number of carbonyl (C=O) groups is 1. The van der Waals surface area contributed by atoms with E-state index >= 15 is 0 Å². The lowest BCUT2D eigenvalue weighted by molar-refractivity contribution is -0.384. The Morgan fingerprint density at radius 1 is 1.33 bits per heavy atom. The summed E-state index contributed by atoms with van der Waals surface area (Å²) in [7, 11) is 0. The maximum Gasteiger partial charge on any atom is 0.407 e. The normalized spacial score (nSPS) is 14.1. The van der Waals surface area contributed by atoms with Crippen LogP contribution in [0.5, 0.6) is 0 Å². The van der Waals surface area contributed by atoms with Gasteiger partial charge in [-0.15, -0.1) is 0 Å². The first kappa shape index (κ1) is 16.9. The minimum atomic E-state index is -0.988. The minimum Gasteiger partial charge on any atom is -0.444 e. The van der Waals surface area contributed by atoms with Crippen molar-refractivity contribution < 1.29 is 19.6 Å². The van der Waals surface area contributed by atoms with Gasteiger partial charge in [0.25, 0.3) is 5.69 Å². The van der Waals surface area contributed by atoms with Crippen LogP contribution in [0.3, 0.4) is 0 Å². The Morgan fingerprint density at radius 3 is 2.29 bits per heavy atom. The molecule has 0 aliphatic carbocycles. The fourth-order valence-corrected chi connectivity index (χ4v) is 1.65. The van der Waals surface area contributed by atoms with Crippen molar-refractivity contribution in [2.24, 2.45) is 0 Å². The summed E-state index contributed by atoms with van der Waals surface area (Å²) in [5.74, 6) is 0. The zero-order valence-corrected chi connectivity index (χ0v) is 12.5. The highest BCUT2D eigenvalue weighted by Gasteiger charge is 2.22. The van der Waals surface area contributed by atoms with Crippen molar-refractivity contribution in [3.63, 3.8) is 0 Å². The molecular formula is C14H20N2O5. The maximum absolute atomic E-state index is 11.6. The van der Waals surface area contributed by atoms with Crippen molar-refractivity contribution in [1.29, 1.82) is 0 Å². The largest absolute Gasteiger partial charge is 0.444 e. The number of amides is 1. The molecule has 0 aliphatic rings. The standard InChI is InChI=1S/C14H20N2O5/c1-9(15-13(18)21-14(2,3)4)12(17)10-5-7-11(8-6-10)16(19)20/h5-9,12,17H,1-4H3,(H,15,18)/t9-,12-/m1/s1. The van der Waals surface area contributed by atoms with E-state index in [1.165, 1.54) is 24.3 Å². The molecule has 7 heteroatoms. The molecule has 0 spiro atoms. The average molecular weight is 296 g/mol. The molecule has 1 amide bonds. The molecule has 0 aromatic heterocycles. The van der Waals surface area contributed by atoms with Crippen LogP contribution in [-0.4, -0.2) is 27.8 Å². The molecule has 0 saturated heterocycles. The molecule has 2 N–H and O–H groups in total. The van der Waals surface area contributed by atoms with Gasteiger partial charge in [-0.2, -0.15) is 0 Å². The number of hydrogen-bond donors (Lipinski definition) is 2. The number of ether oxygens (including phenoxy) is 1. The van der Waals surface area contributed by atoms with Gasteiger partial charge in [0.1, 0.15) is 5.60 Å². The van der Waals surface area contributed by atoms with E-state index in [4.69, 9.17) is 4.74 Å². The molecule has 0 unspecified atom stereocenters. The Kier molecular flexibility index (Phi) is 5.26. The summed E-state index contributed by atoms with van der Waals surface area (Å²) in [5.41, 5.74) is -0.204. The summed E-state index contributed by atoms with van der Waals surface area (Å²) in [6.45, 7) is 6.84. The van der Waals surface area contributed by atoms with Gasteiger partial charge >= 0.3 is 6.09 Å². The number of rotatable bonds is 4. The van der Waals surface area contributed by atoms with E-state index in [2.05, 4.69) is 5.32 Å². The Labute approximate surface area is 123 Å². The monoisotopic (exact) mass is 296 g/mol. The quantitative estimate of drug-likeness (QED) is 0.656. The summed E-state index contributed by atoms with van der Waals surface area (Å²) in [6.07, 6.45) is -1.62. The lowest BCUT2D eigenvalue weighted by atomic mass is 10.0. The van der Waals surface area contributed by atoms with Gasteiger partial charge in [0.05, 0.1) is 17.1 Å². The molecule has 0 heterocycles. The first-order valence-corrected chi connectivity index (χ1v) is 6.52. The third-order valence-electron chi connectivity index (χ3n) is 2.66. The second-order valence-corrected chi connectivity index (χ2v) is 5.73. The molecule has 0 saturated carbocycles. The third kappa shape index (κ3) is 5.39. The van der Waals surface area contributed by atoms with E-state index in [0.29, 0.717) is 5.56 Å². The van der Waals surface area contributed by atoms with Crippen molar-refractivity contribution in [2.75, 3.05) is 0 Å². The van der Waals surface area contributed by atoms with Crippen molar-refractivity contribution in [3.05, 3.63) is 39.9 Å². The molecule has 116 valence electrons. The SMILES string of the molecule is C[C@@H](NC(=O)OC(C)(C)C)[C@@H](O)c1ccc([N+](=O)[O-])cc1. The second-order valence-electron chi connectivity index (χ2n) is 5.73.